The molecule has 0 bridgehead atoms. The number of likely N-dealkylation sites (tertiary alicyclic amines) is 1. The lowest BCUT2D eigenvalue weighted by molar-refractivity contribution is -0.155. The van der Waals surface area contributed by atoms with Crippen LogP contribution in [0.15, 0.2) is 0 Å². The zero-order valence-corrected chi connectivity index (χ0v) is 13.3. The Morgan fingerprint density at radius 1 is 1.32 bits per heavy atom. The second-order valence-corrected chi connectivity index (χ2v) is 5.81. The maximum atomic E-state index is 12.1. The van der Waals surface area contributed by atoms with Crippen molar-refractivity contribution in [3.05, 3.63) is 0 Å². The highest BCUT2D eigenvalue weighted by atomic mass is 16.6. The van der Waals surface area contributed by atoms with Gasteiger partial charge >= 0.3 is 12.1 Å². The van der Waals surface area contributed by atoms with Crippen molar-refractivity contribution >= 4 is 23.8 Å². The smallest absolute Gasteiger partial charge is 0.408 e. The summed E-state index contributed by atoms with van der Waals surface area (Å²) in [7, 11) is 0. The summed E-state index contributed by atoms with van der Waals surface area (Å²) in [6.45, 7) is 6.63. The standard InChI is InChI=1S/C14H22N2O6/c1-5-21-12(19)11-9(17)6-7-16(11)10(18)8-15-13(20)22-14(2,3)4/h11H,5-8H2,1-4H3,(H,15,20). The number of hydrogen-bond acceptors (Lipinski definition) is 6. The molecule has 0 spiro atoms. The second-order valence-electron chi connectivity index (χ2n) is 5.81. The summed E-state index contributed by atoms with van der Waals surface area (Å²) >= 11 is 0. The van der Waals surface area contributed by atoms with Gasteiger partial charge in [-0.2, -0.15) is 0 Å². The summed E-state index contributed by atoms with van der Waals surface area (Å²) in [5.41, 5.74) is -0.676. The minimum atomic E-state index is -1.21. The van der Waals surface area contributed by atoms with Gasteiger partial charge in [-0.05, 0) is 27.7 Å². The molecule has 1 fully saturated rings. The minimum absolute atomic E-state index is 0.0989. The average molecular weight is 314 g/mol. The number of alkyl carbamates (subject to hydrolysis) is 1. The summed E-state index contributed by atoms with van der Waals surface area (Å²) < 4.78 is 9.81. The molecule has 0 saturated carbocycles. The molecular weight excluding hydrogens is 292 g/mol. The quantitative estimate of drug-likeness (QED) is 0.589. The van der Waals surface area contributed by atoms with E-state index in [2.05, 4.69) is 5.32 Å². The van der Waals surface area contributed by atoms with E-state index in [1.54, 1.807) is 27.7 Å². The molecule has 1 heterocycles. The monoisotopic (exact) mass is 314 g/mol. The van der Waals surface area contributed by atoms with Gasteiger partial charge in [0.15, 0.2) is 11.8 Å². The van der Waals surface area contributed by atoms with Crippen molar-refractivity contribution in [2.45, 2.75) is 45.8 Å². The Labute approximate surface area is 129 Å². The third-order valence-corrected chi connectivity index (χ3v) is 2.83. The van der Waals surface area contributed by atoms with E-state index in [-0.39, 0.29) is 31.9 Å². The van der Waals surface area contributed by atoms with Crippen molar-refractivity contribution < 1.29 is 28.7 Å². The van der Waals surface area contributed by atoms with Crippen molar-refractivity contribution in [1.29, 1.82) is 0 Å². The SMILES string of the molecule is CCOC(=O)C1C(=O)CCN1C(=O)CNC(=O)OC(C)(C)C. The zero-order valence-electron chi connectivity index (χ0n) is 13.3. The van der Waals surface area contributed by atoms with E-state index < -0.39 is 29.6 Å². The highest BCUT2D eigenvalue weighted by molar-refractivity contribution is 6.08. The summed E-state index contributed by atoms with van der Waals surface area (Å²) in [5.74, 6) is -1.63. The Morgan fingerprint density at radius 2 is 1.95 bits per heavy atom. The van der Waals surface area contributed by atoms with Gasteiger partial charge in [-0.25, -0.2) is 9.59 Å². The maximum Gasteiger partial charge on any atom is 0.408 e. The average Bonchev–Trinajstić information content (AvgIpc) is 2.76. The molecule has 1 atom stereocenters. The zero-order chi connectivity index (χ0) is 16.9. The number of rotatable bonds is 4. The lowest BCUT2D eigenvalue weighted by Gasteiger charge is -2.23. The molecule has 0 aliphatic carbocycles. The molecule has 0 aromatic heterocycles. The highest BCUT2D eigenvalue weighted by Crippen LogP contribution is 2.15. The third-order valence-electron chi connectivity index (χ3n) is 2.83. The number of nitrogens with one attached hydrogen (secondary N) is 1. The van der Waals surface area contributed by atoms with Gasteiger partial charge < -0.3 is 19.7 Å². The first-order valence-electron chi connectivity index (χ1n) is 7.11. The number of nitrogens with zero attached hydrogens (tertiary/aromatic N) is 1. The van der Waals surface area contributed by atoms with Crippen molar-refractivity contribution in [1.82, 2.24) is 10.2 Å². The van der Waals surface area contributed by atoms with E-state index in [0.717, 1.165) is 4.90 Å². The van der Waals surface area contributed by atoms with Crippen LogP contribution < -0.4 is 5.32 Å². The van der Waals surface area contributed by atoms with Crippen molar-refractivity contribution in [2.24, 2.45) is 0 Å². The van der Waals surface area contributed by atoms with E-state index in [4.69, 9.17) is 9.47 Å². The molecule has 1 unspecified atom stereocenters. The molecule has 22 heavy (non-hydrogen) atoms. The van der Waals surface area contributed by atoms with Crippen LogP contribution in [0, 0.1) is 0 Å². The van der Waals surface area contributed by atoms with Crippen LogP contribution in [0.25, 0.3) is 0 Å². The van der Waals surface area contributed by atoms with Crippen LogP contribution in [0.2, 0.25) is 0 Å². The first-order chi connectivity index (χ1) is 10.2. The van der Waals surface area contributed by atoms with E-state index >= 15 is 0 Å². The van der Waals surface area contributed by atoms with E-state index in [1.807, 2.05) is 0 Å². The fourth-order valence-corrected chi connectivity index (χ4v) is 1.98. The molecule has 1 aliphatic rings. The molecule has 0 aromatic rings. The lowest BCUT2D eigenvalue weighted by Crippen LogP contribution is -2.48. The van der Waals surface area contributed by atoms with Gasteiger partial charge in [0.05, 0.1) is 6.61 Å². The summed E-state index contributed by atoms with van der Waals surface area (Å²) in [4.78, 5) is 48.2. The van der Waals surface area contributed by atoms with Gasteiger partial charge in [-0.1, -0.05) is 0 Å². The molecule has 1 saturated heterocycles. The predicted octanol–water partition coefficient (Wildman–Crippen LogP) is 0.244. The van der Waals surface area contributed by atoms with Crippen molar-refractivity contribution in [3.8, 4) is 0 Å². The molecule has 8 heteroatoms. The van der Waals surface area contributed by atoms with Crippen LogP contribution in [0.5, 0.6) is 0 Å². The fraction of sp³-hybridized carbons (Fsp3) is 0.714. The number of ether oxygens (including phenoxy) is 2. The number of carbonyl (C=O) groups is 4. The number of amides is 2. The Bertz CT molecular complexity index is 468. The van der Waals surface area contributed by atoms with Crippen LogP contribution in [0.3, 0.4) is 0 Å². The van der Waals surface area contributed by atoms with Crippen LogP contribution >= 0.6 is 0 Å². The van der Waals surface area contributed by atoms with Crippen LogP contribution in [-0.2, 0) is 23.9 Å². The largest absolute Gasteiger partial charge is 0.464 e. The van der Waals surface area contributed by atoms with Gasteiger partial charge in [0.2, 0.25) is 5.91 Å². The summed E-state index contributed by atoms with van der Waals surface area (Å²) in [5, 5.41) is 2.31. The lowest BCUT2D eigenvalue weighted by atomic mass is 10.2. The van der Waals surface area contributed by atoms with Gasteiger partial charge in [-0.15, -0.1) is 0 Å². The fourth-order valence-electron chi connectivity index (χ4n) is 1.98. The summed E-state index contributed by atoms with van der Waals surface area (Å²) in [6.07, 6.45) is -0.638. The van der Waals surface area contributed by atoms with E-state index in [9.17, 15) is 19.2 Å². The van der Waals surface area contributed by atoms with Gasteiger partial charge in [0.25, 0.3) is 0 Å². The highest BCUT2D eigenvalue weighted by Gasteiger charge is 2.41. The molecule has 1 N–H and O–H groups in total. The van der Waals surface area contributed by atoms with E-state index in [1.165, 1.54) is 0 Å². The number of carbonyl (C=O) groups excluding carboxylic acids is 4. The van der Waals surface area contributed by atoms with Gasteiger partial charge in [0.1, 0.15) is 12.1 Å². The third kappa shape index (κ3) is 5.01. The second kappa shape index (κ2) is 7.24. The Morgan fingerprint density at radius 3 is 2.50 bits per heavy atom. The molecular formula is C14H22N2O6. The minimum Gasteiger partial charge on any atom is -0.464 e. The first kappa shape index (κ1) is 17.9. The maximum absolute atomic E-state index is 12.1. The molecule has 1 aliphatic heterocycles. The molecule has 8 nitrogen and oxygen atoms in total. The number of esters is 1. The van der Waals surface area contributed by atoms with Crippen LogP contribution in [0.1, 0.15) is 34.1 Å². The van der Waals surface area contributed by atoms with Gasteiger partial charge in [0, 0.05) is 13.0 Å². The number of Topliss-reactive ketones (excluding diaryl/α,β-unsaturated/α-hetero) is 1. The summed E-state index contributed by atoms with van der Waals surface area (Å²) in [6, 6.07) is -1.21. The molecule has 1 rings (SSSR count). The Kier molecular flexibility index (Phi) is 5.90. The normalized spacial score (nSPS) is 18.1. The van der Waals surface area contributed by atoms with E-state index in [0.29, 0.717) is 0 Å². The number of ketones is 1. The molecule has 0 aromatic carbocycles. The Hall–Kier alpha value is -2.12. The van der Waals surface area contributed by atoms with Crippen LogP contribution in [-0.4, -0.2) is 60.0 Å². The van der Waals surface area contributed by atoms with Crippen LogP contribution in [0.4, 0.5) is 4.79 Å². The number of hydrogen-bond donors (Lipinski definition) is 1. The molecule has 0 radical (unpaired) electrons. The van der Waals surface area contributed by atoms with Gasteiger partial charge in [-0.3, -0.25) is 9.59 Å². The van der Waals surface area contributed by atoms with Crippen molar-refractivity contribution in [2.75, 3.05) is 19.7 Å². The Balaban J connectivity index is 2.59. The molecule has 2 amide bonds. The predicted molar refractivity (Wildman–Crippen MR) is 76.0 cm³/mol. The van der Waals surface area contributed by atoms with Crippen molar-refractivity contribution in [3.63, 3.8) is 0 Å². The first-order valence-corrected chi connectivity index (χ1v) is 7.11. The molecule has 124 valence electrons. The topological polar surface area (TPSA) is 102 Å².